The van der Waals surface area contributed by atoms with Crippen LogP contribution in [0, 0.1) is 19.7 Å². The number of imidazole rings is 1. The van der Waals surface area contributed by atoms with E-state index in [0.29, 0.717) is 16.9 Å². The molecular weight excluding hydrogens is 369 g/mol. The molecule has 0 bridgehead atoms. The highest BCUT2D eigenvalue weighted by Crippen LogP contribution is 2.27. The number of phenols is 1. The van der Waals surface area contributed by atoms with Gasteiger partial charge in [-0.15, -0.1) is 0 Å². The molecule has 0 radical (unpaired) electrons. The van der Waals surface area contributed by atoms with E-state index in [9.17, 15) is 14.3 Å². The minimum atomic E-state index is -0.278. The number of aromatic hydroxyl groups is 1. The van der Waals surface area contributed by atoms with Gasteiger partial charge in [0.2, 0.25) is 5.91 Å². The van der Waals surface area contributed by atoms with Crippen molar-refractivity contribution in [2.75, 3.05) is 5.32 Å². The molecule has 5 nitrogen and oxygen atoms in total. The maximum absolute atomic E-state index is 13.7. The average Bonchev–Trinajstić information content (AvgIpc) is 3.03. The van der Waals surface area contributed by atoms with Crippen molar-refractivity contribution in [3.05, 3.63) is 83.4 Å². The van der Waals surface area contributed by atoms with Crippen molar-refractivity contribution in [1.29, 1.82) is 0 Å². The Hall–Kier alpha value is -3.67. The Balaban J connectivity index is 1.74. The van der Waals surface area contributed by atoms with Crippen LogP contribution in [-0.2, 0) is 11.2 Å². The van der Waals surface area contributed by atoms with Gasteiger partial charge in [-0.3, -0.25) is 4.79 Å². The summed E-state index contributed by atoms with van der Waals surface area (Å²) in [7, 11) is 0. The van der Waals surface area contributed by atoms with Crippen LogP contribution in [0.4, 0.5) is 10.1 Å². The number of halogens is 1. The van der Waals surface area contributed by atoms with E-state index in [2.05, 4.69) is 5.32 Å². The molecule has 1 amide bonds. The lowest BCUT2D eigenvalue weighted by molar-refractivity contribution is -0.115. The molecule has 0 atom stereocenters. The predicted octanol–water partition coefficient (Wildman–Crippen LogP) is 4.64. The molecule has 2 heterocycles. The van der Waals surface area contributed by atoms with E-state index in [1.807, 2.05) is 29.7 Å². The SMILES string of the molecule is Cc1ccc2nc(-c3ccc(F)c(C)c3)c(CC(=O)Nc3ccc(O)cc3)n2c1. The average molecular weight is 389 g/mol. The zero-order chi connectivity index (χ0) is 20.5. The Morgan fingerprint density at radius 1 is 1.10 bits per heavy atom. The molecule has 6 heteroatoms. The van der Waals surface area contributed by atoms with E-state index in [1.165, 1.54) is 18.2 Å². The fourth-order valence-corrected chi connectivity index (χ4v) is 3.29. The van der Waals surface area contributed by atoms with Crippen LogP contribution in [0.3, 0.4) is 0 Å². The summed E-state index contributed by atoms with van der Waals surface area (Å²) in [4.78, 5) is 17.4. The number of aromatic nitrogens is 2. The maximum atomic E-state index is 13.7. The standard InChI is InChI=1S/C23H20FN3O2/c1-14-3-10-21-26-23(16-4-9-19(24)15(2)11-16)20(27(21)13-14)12-22(29)25-17-5-7-18(28)8-6-17/h3-11,13,28H,12H2,1-2H3,(H,25,29). The number of fused-ring (bicyclic) bond motifs is 1. The fraction of sp³-hybridized carbons (Fsp3) is 0.130. The second-order valence-electron chi connectivity index (χ2n) is 7.08. The highest BCUT2D eigenvalue weighted by molar-refractivity contribution is 5.93. The largest absolute Gasteiger partial charge is 0.508 e. The van der Waals surface area contributed by atoms with E-state index in [4.69, 9.17) is 4.98 Å². The van der Waals surface area contributed by atoms with Gasteiger partial charge in [0, 0.05) is 17.4 Å². The molecule has 0 fully saturated rings. The van der Waals surface area contributed by atoms with Crippen molar-refractivity contribution < 1.29 is 14.3 Å². The molecule has 0 aliphatic heterocycles. The molecule has 4 aromatic rings. The molecule has 146 valence electrons. The molecule has 0 aliphatic carbocycles. The van der Waals surface area contributed by atoms with Crippen molar-refractivity contribution in [3.63, 3.8) is 0 Å². The zero-order valence-corrected chi connectivity index (χ0v) is 16.1. The molecule has 2 aromatic carbocycles. The predicted molar refractivity (Wildman–Crippen MR) is 111 cm³/mol. The number of rotatable bonds is 4. The summed E-state index contributed by atoms with van der Waals surface area (Å²) in [5.74, 6) is -0.353. The van der Waals surface area contributed by atoms with Gasteiger partial charge >= 0.3 is 0 Å². The van der Waals surface area contributed by atoms with Gasteiger partial charge in [-0.1, -0.05) is 6.07 Å². The highest BCUT2D eigenvalue weighted by Gasteiger charge is 2.18. The number of carbonyl (C=O) groups excluding carboxylic acids is 1. The molecule has 0 aliphatic rings. The number of nitrogens with one attached hydrogen (secondary N) is 1. The molecular formula is C23H20FN3O2. The van der Waals surface area contributed by atoms with Gasteiger partial charge in [-0.2, -0.15) is 0 Å². The number of aryl methyl sites for hydroxylation is 2. The molecule has 0 saturated heterocycles. The van der Waals surface area contributed by atoms with Crippen molar-refractivity contribution in [2.24, 2.45) is 0 Å². The van der Waals surface area contributed by atoms with E-state index in [0.717, 1.165) is 22.5 Å². The van der Waals surface area contributed by atoms with Gasteiger partial charge in [0.15, 0.2) is 0 Å². The summed E-state index contributed by atoms with van der Waals surface area (Å²) in [6.07, 6.45) is 2.03. The number of nitrogens with zero attached hydrogens (tertiary/aromatic N) is 2. The fourth-order valence-electron chi connectivity index (χ4n) is 3.29. The smallest absolute Gasteiger partial charge is 0.230 e. The van der Waals surface area contributed by atoms with Crippen molar-refractivity contribution in [3.8, 4) is 17.0 Å². The summed E-state index contributed by atoms with van der Waals surface area (Å²) in [5, 5.41) is 12.2. The Kier molecular flexibility index (Phi) is 4.76. The topological polar surface area (TPSA) is 66.6 Å². The van der Waals surface area contributed by atoms with Gasteiger partial charge in [0.25, 0.3) is 0 Å². The molecule has 4 rings (SSSR count). The van der Waals surface area contributed by atoms with E-state index in [-0.39, 0.29) is 23.9 Å². The minimum absolute atomic E-state index is 0.0945. The summed E-state index contributed by atoms with van der Waals surface area (Å²) < 4.78 is 15.6. The molecule has 0 saturated carbocycles. The number of anilines is 1. The van der Waals surface area contributed by atoms with Gasteiger partial charge < -0.3 is 14.8 Å². The monoisotopic (exact) mass is 389 g/mol. The molecule has 0 spiro atoms. The maximum Gasteiger partial charge on any atom is 0.230 e. The molecule has 0 unspecified atom stereocenters. The van der Waals surface area contributed by atoms with Gasteiger partial charge in [-0.05, 0) is 73.5 Å². The normalized spacial score (nSPS) is 11.0. The van der Waals surface area contributed by atoms with Gasteiger partial charge in [-0.25, -0.2) is 9.37 Å². The van der Waals surface area contributed by atoms with Crippen LogP contribution in [0.5, 0.6) is 5.75 Å². The van der Waals surface area contributed by atoms with Crippen LogP contribution in [-0.4, -0.2) is 20.4 Å². The number of hydrogen-bond acceptors (Lipinski definition) is 3. The molecule has 29 heavy (non-hydrogen) atoms. The Morgan fingerprint density at radius 2 is 1.86 bits per heavy atom. The van der Waals surface area contributed by atoms with Gasteiger partial charge in [0.05, 0.1) is 17.8 Å². The molecule has 2 aromatic heterocycles. The van der Waals surface area contributed by atoms with E-state index < -0.39 is 0 Å². The third-order valence-electron chi connectivity index (χ3n) is 4.78. The van der Waals surface area contributed by atoms with Crippen LogP contribution >= 0.6 is 0 Å². The third kappa shape index (κ3) is 3.82. The minimum Gasteiger partial charge on any atom is -0.508 e. The summed E-state index contributed by atoms with van der Waals surface area (Å²) in [5.41, 5.74) is 5.02. The van der Waals surface area contributed by atoms with Gasteiger partial charge in [0.1, 0.15) is 17.2 Å². The van der Waals surface area contributed by atoms with Crippen molar-refractivity contribution >= 4 is 17.2 Å². The summed E-state index contributed by atoms with van der Waals surface area (Å²) >= 11 is 0. The number of benzene rings is 2. The first kappa shape index (κ1) is 18.7. The van der Waals surface area contributed by atoms with Crippen LogP contribution in [0.25, 0.3) is 16.9 Å². The molecule has 2 N–H and O–H groups in total. The van der Waals surface area contributed by atoms with E-state index >= 15 is 0 Å². The first-order chi connectivity index (χ1) is 13.9. The number of hydrogen-bond donors (Lipinski definition) is 2. The van der Waals surface area contributed by atoms with Crippen LogP contribution < -0.4 is 5.32 Å². The summed E-state index contributed by atoms with van der Waals surface area (Å²) in [6, 6.07) is 15.0. The zero-order valence-electron chi connectivity index (χ0n) is 16.1. The lowest BCUT2D eigenvalue weighted by atomic mass is 10.1. The number of amides is 1. The Labute approximate surface area is 167 Å². The highest BCUT2D eigenvalue weighted by atomic mass is 19.1. The van der Waals surface area contributed by atoms with Crippen molar-refractivity contribution in [2.45, 2.75) is 20.3 Å². The lowest BCUT2D eigenvalue weighted by Crippen LogP contribution is -2.16. The second kappa shape index (κ2) is 7.39. The number of carbonyl (C=O) groups is 1. The quantitative estimate of drug-likeness (QED) is 0.500. The first-order valence-electron chi connectivity index (χ1n) is 9.24. The van der Waals surface area contributed by atoms with E-state index in [1.54, 1.807) is 31.2 Å². The third-order valence-corrected chi connectivity index (χ3v) is 4.78. The van der Waals surface area contributed by atoms with Crippen LogP contribution in [0.2, 0.25) is 0 Å². The summed E-state index contributed by atoms with van der Waals surface area (Å²) in [6.45, 7) is 3.68. The number of pyridine rings is 1. The number of phenolic OH excluding ortho intramolecular Hbond substituents is 1. The Bertz CT molecular complexity index is 1210. The van der Waals surface area contributed by atoms with Crippen molar-refractivity contribution in [1.82, 2.24) is 9.38 Å². The lowest BCUT2D eigenvalue weighted by Gasteiger charge is -2.09. The first-order valence-corrected chi connectivity index (χ1v) is 9.24. The van der Waals surface area contributed by atoms with Crippen LogP contribution in [0.15, 0.2) is 60.8 Å². The van der Waals surface area contributed by atoms with Crippen LogP contribution in [0.1, 0.15) is 16.8 Å². The Morgan fingerprint density at radius 3 is 2.59 bits per heavy atom. The second-order valence-corrected chi connectivity index (χ2v) is 7.08.